The Hall–Kier alpha value is -3.14. The highest BCUT2D eigenvalue weighted by Crippen LogP contribution is 2.35. The number of rotatable bonds is 6. The number of aromatic nitrogens is 1. The second-order valence-corrected chi connectivity index (χ2v) is 8.14. The van der Waals surface area contributed by atoms with Crippen LogP contribution in [0.4, 0.5) is 4.39 Å². The summed E-state index contributed by atoms with van der Waals surface area (Å²) in [6.45, 7) is 3.65. The maximum Gasteiger partial charge on any atom is 0.303 e. The Morgan fingerprint density at radius 1 is 0.969 bits per heavy atom. The first-order valence-corrected chi connectivity index (χ1v) is 10.8. The molecule has 0 spiro atoms. The van der Waals surface area contributed by atoms with Gasteiger partial charge in [0.05, 0.1) is 6.20 Å². The third kappa shape index (κ3) is 5.97. The Balaban J connectivity index is 1.88. The van der Waals surface area contributed by atoms with E-state index in [1.807, 2.05) is 0 Å². The van der Waals surface area contributed by atoms with Gasteiger partial charge in [0.1, 0.15) is 11.6 Å². The summed E-state index contributed by atoms with van der Waals surface area (Å²) >= 11 is 1.22. The maximum absolute atomic E-state index is 14.2. The maximum atomic E-state index is 14.2. The molecule has 0 bridgehead atoms. The van der Waals surface area contributed by atoms with Gasteiger partial charge in [0.25, 0.3) is 0 Å². The molecule has 0 unspecified atom stereocenters. The predicted octanol–water partition coefficient (Wildman–Crippen LogP) is 3.13. The van der Waals surface area contributed by atoms with E-state index < -0.39 is 47.5 Å². The lowest BCUT2D eigenvalue weighted by Gasteiger charge is -2.39. The van der Waals surface area contributed by atoms with E-state index >= 15 is 0 Å². The number of nitrogens with zero attached hydrogens (tertiary/aromatic N) is 1. The van der Waals surface area contributed by atoms with Crippen molar-refractivity contribution in [1.82, 2.24) is 4.98 Å². The van der Waals surface area contributed by atoms with Crippen molar-refractivity contribution in [3.05, 3.63) is 48.5 Å². The Morgan fingerprint density at radius 3 is 2.28 bits per heavy atom. The second kappa shape index (κ2) is 10.4. The van der Waals surface area contributed by atoms with E-state index in [0.29, 0.717) is 16.9 Å². The van der Waals surface area contributed by atoms with Crippen molar-refractivity contribution in [1.29, 1.82) is 0 Å². The molecule has 1 aromatic heterocycles. The van der Waals surface area contributed by atoms with Crippen molar-refractivity contribution in [3.8, 4) is 16.9 Å². The molecule has 0 saturated carbocycles. The Bertz CT molecular complexity index is 1000. The van der Waals surface area contributed by atoms with Gasteiger partial charge in [-0.3, -0.25) is 19.4 Å². The third-order valence-corrected chi connectivity index (χ3v) is 5.67. The van der Waals surface area contributed by atoms with Crippen molar-refractivity contribution in [2.45, 2.75) is 44.5 Å². The minimum absolute atomic E-state index is 0.236. The molecule has 0 radical (unpaired) electrons. The van der Waals surface area contributed by atoms with Crippen molar-refractivity contribution in [2.75, 3.05) is 5.75 Å². The molecule has 10 heteroatoms. The number of pyridine rings is 1. The first kappa shape index (κ1) is 23.5. The average Bonchev–Trinajstić information content (AvgIpc) is 2.72. The zero-order valence-corrected chi connectivity index (χ0v) is 18.5. The standard InChI is InChI=1S/C22H22FNO7S/c1-12(25)28-19-11-32-22(21(30-14(3)27)20(19)29-13(2)26)31-16-8-15(9-24-10-16)17-6-4-5-7-18(17)23/h4-10,19-22H,11H2,1-3H3/t19-,20+,21-,22-/m1/s1. The molecule has 1 aliphatic heterocycles. The van der Waals surface area contributed by atoms with E-state index in [2.05, 4.69) is 4.98 Å². The third-order valence-electron chi connectivity index (χ3n) is 4.45. The van der Waals surface area contributed by atoms with Crippen LogP contribution >= 0.6 is 11.8 Å². The second-order valence-electron chi connectivity index (χ2n) is 7.00. The summed E-state index contributed by atoms with van der Waals surface area (Å²) in [5.74, 6) is -1.68. The first-order chi connectivity index (χ1) is 15.2. The fraction of sp³-hybridized carbons (Fsp3) is 0.364. The summed E-state index contributed by atoms with van der Waals surface area (Å²) in [5, 5.41) is 0. The molecule has 1 aromatic carbocycles. The van der Waals surface area contributed by atoms with Gasteiger partial charge in [-0.05, 0) is 12.1 Å². The van der Waals surface area contributed by atoms with Crippen LogP contribution in [0, 0.1) is 5.82 Å². The fourth-order valence-corrected chi connectivity index (χ4v) is 4.49. The van der Waals surface area contributed by atoms with Gasteiger partial charge in [-0.1, -0.05) is 18.2 Å². The summed E-state index contributed by atoms with van der Waals surface area (Å²) in [6, 6.07) is 7.86. The lowest BCUT2D eigenvalue weighted by atomic mass is 10.1. The van der Waals surface area contributed by atoms with Crippen LogP contribution in [0.3, 0.4) is 0 Å². The van der Waals surface area contributed by atoms with E-state index in [1.54, 1.807) is 24.3 Å². The van der Waals surface area contributed by atoms with Crippen LogP contribution in [-0.4, -0.2) is 52.4 Å². The van der Waals surface area contributed by atoms with E-state index in [9.17, 15) is 18.8 Å². The minimum atomic E-state index is -1.06. The molecular weight excluding hydrogens is 441 g/mol. The van der Waals surface area contributed by atoms with Crippen LogP contribution in [0.25, 0.3) is 11.1 Å². The number of esters is 3. The molecule has 1 aliphatic rings. The number of carbonyl (C=O) groups is 3. The molecule has 2 aromatic rings. The number of hydrogen-bond acceptors (Lipinski definition) is 9. The summed E-state index contributed by atoms with van der Waals surface area (Å²) < 4.78 is 36.2. The Morgan fingerprint density at radius 2 is 1.62 bits per heavy atom. The predicted molar refractivity (Wildman–Crippen MR) is 113 cm³/mol. The lowest BCUT2D eigenvalue weighted by molar-refractivity contribution is -0.186. The van der Waals surface area contributed by atoms with Crippen LogP contribution in [0.2, 0.25) is 0 Å². The monoisotopic (exact) mass is 463 g/mol. The number of ether oxygens (including phenoxy) is 4. The summed E-state index contributed by atoms with van der Waals surface area (Å²) in [6.07, 6.45) is -0.00461. The van der Waals surface area contributed by atoms with Gasteiger partial charge >= 0.3 is 17.9 Å². The molecule has 4 atom stereocenters. The molecule has 8 nitrogen and oxygen atoms in total. The topological polar surface area (TPSA) is 101 Å². The molecule has 170 valence electrons. The molecule has 2 heterocycles. The summed E-state index contributed by atoms with van der Waals surface area (Å²) in [4.78, 5) is 39.0. The van der Waals surface area contributed by atoms with Crippen molar-refractivity contribution in [3.63, 3.8) is 0 Å². The van der Waals surface area contributed by atoms with Gasteiger partial charge in [-0.15, -0.1) is 11.8 Å². The van der Waals surface area contributed by atoms with E-state index in [0.717, 1.165) is 0 Å². The Kier molecular flexibility index (Phi) is 7.68. The highest BCUT2D eigenvalue weighted by Gasteiger charge is 2.47. The number of thioether (sulfide) groups is 1. The number of hydrogen-bond donors (Lipinski definition) is 0. The van der Waals surface area contributed by atoms with Gasteiger partial charge in [0.2, 0.25) is 0 Å². The van der Waals surface area contributed by atoms with E-state index in [-0.39, 0.29) is 5.75 Å². The zero-order chi connectivity index (χ0) is 23.3. The zero-order valence-electron chi connectivity index (χ0n) is 17.6. The van der Waals surface area contributed by atoms with Crippen LogP contribution in [0.1, 0.15) is 20.8 Å². The number of halogens is 1. The molecule has 3 rings (SSSR count). The summed E-state index contributed by atoms with van der Waals surface area (Å²) in [5.41, 5.74) is 0.0542. The molecule has 0 aliphatic carbocycles. The highest BCUT2D eigenvalue weighted by molar-refractivity contribution is 7.99. The normalized spacial score (nSPS) is 22.5. The summed E-state index contributed by atoms with van der Waals surface area (Å²) in [7, 11) is 0. The molecular formula is C22H22FNO7S. The average molecular weight is 463 g/mol. The van der Waals surface area contributed by atoms with Gasteiger partial charge in [0.15, 0.2) is 23.7 Å². The first-order valence-electron chi connectivity index (χ1n) is 9.74. The molecule has 0 N–H and O–H groups in total. The Labute approximate surface area is 188 Å². The molecule has 0 amide bonds. The highest BCUT2D eigenvalue weighted by atomic mass is 32.2. The van der Waals surface area contributed by atoms with Gasteiger partial charge in [-0.25, -0.2) is 4.39 Å². The molecule has 32 heavy (non-hydrogen) atoms. The smallest absolute Gasteiger partial charge is 0.303 e. The van der Waals surface area contributed by atoms with Crippen molar-refractivity contribution >= 4 is 29.7 Å². The van der Waals surface area contributed by atoms with Crippen LogP contribution in [-0.2, 0) is 28.6 Å². The van der Waals surface area contributed by atoms with Crippen LogP contribution in [0.5, 0.6) is 5.75 Å². The van der Waals surface area contributed by atoms with E-state index in [4.69, 9.17) is 18.9 Å². The van der Waals surface area contributed by atoms with Gasteiger partial charge < -0.3 is 18.9 Å². The van der Waals surface area contributed by atoms with Gasteiger partial charge in [0, 0.05) is 43.8 Å². The van der Waals surface area contributed by atoms with Crippen LogP contribution < -0.4 is 4.74 Å². The largest absolute Gasteiger partial charge is 0.474 e. The number of carbonyl (C=O) groups excluding carboxylic acids is 3. The minimum Gasteiger partial charge on any atom is -0.474 e. The van der Waals surface area contributed by atoms with Gasteiger partial charge in [-0.2, -0.15) is 0 Å². The quantitative estimate of drug-likeness (QED) is 0.472. The molecule has 1 fully saturated rings. The lowest BCUT2D eigenvalue weighted by Crippen LogP contribution is -2.55. The SMILES string of the molecule is CC(=O)O[C@@H]1[C@@H](OC(C)=O)[C@H](OC(C)=O)CS[C@H]1Oc1cncc(-c2ccccc2F)c1. The van der Waals surface area contributed by atoms with E-state index in [1.165, 1.54) is 51.0 Å². The number of benzene rings is 1. The van der Waals surface area contributed by atoms with Crippen molar-refractivity contribution < 1.29 is 37.7 Å². The van der Waals surface area contributed by atoms with Crippen LogP contribution in [0.15, 0.2) is 42.7 Å². The van der Waals surface area contributed by atoms with Crippen molar-refractivity contribution in [2.24, 2.45) is 0 Å². The fourth-order valence-electron chi connectivity index (χ4n) is 3.27. The molecule has 1 saturated heterocycles.